The minimum Gasteiger partial charge on any atom is -0.346 e. The maximum Gasteiger partial charge on any atom is 0.224 e. The van der Waals surface area contributed by atoms with Crippen LogP contribution >= 0.6 is 0 Å². The van der Waals surface area contributed by atoms with Crippen LogP contribution in [0.4, 0.5) is 0 Å². The zero-order chi connectivity index (χ0) is 40.5. The molecule has 1 heterocycles. The van der Waals surface area contributed by atoms with Crippen LogP contribution in [0.1, 0.15) is 136 Å². The molecule has 2 aromatic carbocycles. The maximum atomic E-state index is 14.3. The molecule has 1 aliphatic carbocycles. The van der Waals surface area contributed by atoms with Gasteiger partial charge >= 0.3 is 0 Å². The summed E-state index contributed by atoms with van der Waals surface area (Å²) in [6.07, 6.45) is 11.4. The SMILES string of the molecule is CC(C)C[C@H](NC(=O)C(CCc1ccccc1)CC(=O)CCCCCN1CCCCC1)C(=O)C[C@@H](Cc1ccccc1)C(=O)N[C@@H](CC(C)C)C(=O)C1(C)CC1. The largest absolute Gasteiger partial charge is 0.346 e. The molecule has 8 heteroatoms. The fourth-order valence-corrected chi connectivity index (χ4v) is 8.13. The second-order valence-electron chi connectivity index (χ2n) is 18.0. The van der Waals surface area contributed by atoms with Gasteiger partial charge in [-0.05, 0) is 113 Å². The molecule has 4 atom stereocenters. The summed E-state index contributed by atoms with van der Waals surface area (Å²) in [5.74, 6) is -1.58. The smallest absolute Gasteiger partial charge is 0.224 e. The fraction of sp³-hybridized carbons (Fsp3) is 0.646. The Bertz CT molecular complexity index is 1530. The van der Waals surface area contributed by atoms with Crippen LogP contribution in [0.15, 0.2) is 60.7 Å². The second kappa shape index (κ2) is 22.9. The van der Waals surface area contributed by atoms with E-state index in [1.54, 1.807) is 0 Å². The molecule has 0 aromatic heterocycles. The number of carbonyl (C=O) groups excluding carboxylic acids is 5. The van der Waals surface area contributed by atoms with Crippen molar-refractivity contribution in [1.29, 1.82) is 0 Å². The summed E-state index contributed by atoms with van der Waals surface area (Å²) in [5, 5.41) is 6.18. The molecule has 2 N–H and O–H groups in total. The molecule has 2 amide bonds. The first kappa shape index (κ1) is 45.1. The van der Waals surface area contributed by atoms with Gasteiger partial charge in [-0.25, -0.2) is 0 Å². The van der Waals surface area contributed by atoms with Crippen molar-refractivity contribution in [1.82, 2.24) is 15.5 Å². The molecule has 2 fully saturated rings. The number of benzene rings is 2. The van der Waals surface area contributed by atoms with Gasteiger partial charge in [0, 0.05) is 36.5 Å². The van der Waals surface area contributed by atoms with Crippen molar-refractivity contribution in [3.63, 3.8) is 0 Å². The van der Waals surface area contributed by atoms with Gasteiger partial charge in [-0.15, -0.1) is 0 Å². The number of hydrogen-bond acceptors (Lipinski definition) is 6. The van der Waals surface area contributed by atoms with Gasteiger partial charge in [0.05, 0.1) is 12.1 Å². The van der Waals surface area contributed by atoms with E-state index in [0.717, 1.165) is 49.8 Å². The highest BCUT2D eigenvalue weighted by molar-refractivity contribution is 5.97. The Morgan fingerprint density at radius 2 is 1.25 bits per heavy atom. The van der Waals surface area contributed by atoms with Crippen LogP contribution < -0.4 is 10.6 Å². The Balaban J connectivity index is 1.45. The number of rotatable bonds is 26. The van der Waals surface area contributed by atoms with Crippen molar-refractivity contribution >= 4 is 29.2 Å². The zero-order valence-electron chi connectivity index (χ0n) is 35.2. The Labute approximate surface area is 337 Å². The molecule has 2 aromatic rings. The van der Waals surface area contributed by atoms with Crippen molar-refractivity contribution < 1.29 is 24.0 Å². The molecule has 8 nitrogen and oxygen atoms in total. The van der Waals surface area contributed by atoms with Gasteiger partial charge < -0.3 is 15.5 Å². The normalized spacial score (nSPS) is 17.5. The lowest BCUT2D eigenvalue weighted by atomic mass is 9.87. The predicted octanol–water partition coefficient (Wildman–Crippen LogP) is 8.49. The highest BCUT2D eigenvalue weighted by Crippen LogP contribution is 2.47. The average molecular weight is 770 g/mol. The van der Waals surface area contributed by atoms with Crippen LogP contribution in [0.2, 0.25) is 0 Å². The lowest BCUT2D eigenvalue weighted by Crippen LogP contribution is -2.49. The number of nitrogens with zero attached hydrogens (tertiary/aromatic N) is 1. The number of ketones is 3. The van der Waals surface area contributed by atoms with Crippen LogP contribution in [0.5, 0.6) is 0 Å². The van der Waals surface area contributed by atoms with Crippen molar-refractivity contribution in [2.24, 2.45) is 29.1 Å². The van der Waals surface area contributed by atoms with E-state index < -0.39 is 29.3 Å². The van der Waals surface area contributed by atoms with Crippen LogP contribution in [-0.4, -0.2) is 65.8 Å². The van der Waals surface area contributed by atoms with Crippen LogP contribution in [0.25, 0.3) is 0 Å². The van der Waals surface area contributed by atoms with E-state index in [2.05, 4.69) is 15.5 Å². The third-order valence-corrected chi connectivity index (χ3v) is 11.8. The number of nitrogens with one attached hydrogen (secondary N) is 2. The van der Waals surface area contributed by atoms with E-state index in [-0.39, 0.29) is 53.8 Å². The lowest BCUT2D eigenvalue weighted by molar-refractivity contribution is -0.135. The first-order valence-electron chi connectivity index (χ1n) is 21.8. The summed E-state index contributed by atoms with van der Waals surface area (Å²) in [6.45, 7) is 13.5. The highest BCUT2D eigenvalue weighted by atomic mass is 16.2. The molecular weight excluding hydrogens is 699 g/mol. The average Bonchev–Trinajstić information content (AvgIpc) is 3.94. The minimum absolute atomic E-state index is 0.0662. The fourth-order valence-electron chi connectivity index (χ4n) is 8.13. The molecule has 4 rings (SSSR count). The summed E-state index contributed by atoms with van der Waals surface area (Å²) >= 11 is 0. The molecule has 0 bridgehead atoms. The van der Waals surface area contributed by atoms with Gasteiger partial charge in [0.15, 0.2) is 11.6 Å². The monoisotopic (exact) mass is 770 g/mol. The molecule has 0 radical (unpaired) electrons. The molecule has 2 aliphatic rings. The number of unbranched alkanes of at least 4 members (excludes halogenated alkanes) is 2. The standard InChI is InChI=1S/C48H71N3O5/c1-35(2)30-42(44(53)34-40(32-38-20-12-7-13-21-38)47(56)50-43(31-36(3)4)45(54)48(5)25-26-48)49-46(55)39(24-23-37-18-10-6-11-19-37)33-41(52)22-14-8-15-27-51-28-16-9-17-29-51/h6-7,10-13,18-21,35-36,39-40,42-43H,8-9,14-17,22-34H2,1-5H3,(H,49,55)(H,50,56)/t39?,40-,42+,43+/m1/s1. The topological polar surface area (TPSA) is 113 Å². The van der Waals surface area contributed by atoms with E-state index in [1.165, 1.54) is 32.4 Å². The summed E-state index contributed by atoms with van der Waals surface area (Å²) in [4.78, 5) is 72.0. The van der Waals surface area contributed by atoms with Crippen LogP contribution in [-0.2, 0) is 36.8 Å². The van der Waals surface area contributed by atoms with Crippen molar-refractivity contribution in [3.05, 3.63) is 71.8 Å². The first-order valence-corrected chi connectivity index (χ1v) is 21.8. The van der Waals surface area contributed by atoms with Crippen molar-refractivity contribution in [2.45, 2.75) is 149 Å². The van der Waals surface area contributed by atoms with Crippen molar-refractivity contribution in [3.8, 4) is 0 Å². The number of likely N-dealkylation sites (tertiary alicyclic amines) is 1. The number of piperidine rings is 1. The third kappa shape index (κ3) is 15.7. The third-order valence-electron chi connectivity index (χ3n) is 11.8. The van der Waals surface area contributed by atoms with E-state index in [0.29, 0.717) is 38.5 Å². The summed E-state index contributed by atoms with van der Waals surface area (Å²) in [6, 6.07) is 18.2. The quantitative estimate of drug-likeness (QED) is 0.0929. The Hall–Kier alpha value is -3.65. The van der Waals surface area contributed by atoms with Crippen LogP contribution in [0.3, 0.4) is 0 Å². The molecule has 0 spiro atoms. The summed E-state index contributed by atoms with van der Waals surface area (Å²) < 4.78 is 0. The van der Waals surface area contributed by atoms with E-state index in [9.17, 15) is 24.0 Å². The van der Waals surface area contributed by atoms with Gasteiger partial charge in [-0.1, -0.05) is 108 Å². The number of Topliss-reactive ketones (excluding diaryl/α,β-unsaturated/α-hetero) is 3. The first-order chi connectivity index (χ1) is 26.8. The number of amides is 2. The van der Waals surface area contributed by atoms with E-state index in [1.807, 2.05) is 95.3 Å². The Morgan fingerprint density at radius 3 is 1.86 bits per heavy atom. The van der Waals surface area contributed by atoms with E-state index in [4.69, 9.17) is 0 Å². The van der Waals surface area contributed by atoms with Gasteiger partial charge in [-0.3, -0.25) is 24.0 Å². The van der Waals surface area contributed by atoms with Crippen molar-refractivity contribution in [2.75, 3.05) is 19.6 Å². The number of aryl methyl sites for hydroxylation is 1. The lowest BCUT2D eigenvalue weighted by Gasteiger charge is -2.27. The Morgan fingerprint density at radius 1 is 0.679 bits per heavy atom. The number of hydrogen-bond donors (Lipinski definition) is 2. The highest BCUT2D eigenvalue weighted by Gasteiger charge is 2.48. The van der Waals surface area contributed by atoms with Crippen LogP contribution in [0, 0.1) is 29.1 Å². The molecule has 56 heavy (non-hydrogen) atoms. The minimum atomic E-state index is -0.795. The Kier molecular flexibility index (Phi) is 18.4. The van der Waals surface area contributed by atoms with Gasteiger partial charge in [0.1, 0.15) is 5.78 Å². The summed E-state index contributed by atoms with van der Waals surface area (Å²) in [5.41, 5.74) is 1.64. The summed E-state index contributed by atoms with van der Waals surface area (Å²) in [7, 11) is 0. The molecule has 1 aliphatic heterocycles. The maximum absolute atomic E-state index is 14.3. The second-order valence-corrected chi connectivity index (χ2v) is 18.0. The van der Waals surface area contributed by atoms with Gasteiger partial charge in [0.2, 0.25) is 11.8 Å². The predicted molar refractivity (Wildman–Crippen MR) is 225 cm³/mol. The van der Waals surface area contributed by atoms with Gasteiger partial charge in [-0.2, -0.15) is 0 Å². The number of carbonyl (C=O) groups is 5. The van der Waals surface area contributed by atoms with E-state index >= 15 is 0 Å². The molecule has 1 unspecified atom stereocenters. The molecule has 1 saturated heterocycles. The zero-order valence-corrected chi connectivity index (χ0v) is 35.2. The van der Waals surface area contributed by atoms with Gasteiger partial charge in [0.25, 0.3) is 0 Å². The molecular formula is C48H71N3O5. The molecule has 1 saturated carbocycles. The molecule has 308 valence electrons.